The third kappa shape index (κ3) is 2.53. The van der Waals surface area contributed by atoms with Gasteiger partial charge in [-0.2, -0.15) is 5.10 Å². The summed E-state index contributed by atoms with van der Waals surface area (Å²) in [5, 5.41) is 14.6. The van der Waals surface area contributed by atoms with E-state index in [1.807, 2.05) is 13.1 Å². The Hall–Kier alpha value is -0.650. The van der Waals surface area contributed by atoms with Crippen LogP contribution in [0.4, 0.5) is 0 Å². The Morgan fingerprint density at radius 2 is 2.06 bits per heavy atom. The maximum absolute atomic E-state index is 10.4. The number of aliphatic hydroxyl groups excluding tert-OH is 1. The minimum absolute atomic E-state index is 0.117. The van der Waals surface area contributed by atoms with Crippen LogP contribution in [-0.4, -0.2) is 14.9 Å². The van der Waals surface area contributed by atoms with Crippen LogP contribution in [0.1, 0.15) is 42.3 Å². The Labute approximate surface area is 120 Å². The first kappa shape index (κ1) is 13.8. The lowest BCUT2D eigenvalue weighted by Crippen LogP contribution is -2.08. The monoisotopic (exact) mass is 328 g/mol. The van der Waals surface area contributed by atoms with Crippen molar-refractivity contribution in [3.63, 3.8) is 0 Å². The largest absolute Gasteiger partial charge is 0.381 e. The van der Waals surface area contributed by atoms with Crippen molar-refractivity contribution in [3.8, 4) is 0 Å². The maximum atomic E-state index is 10.4. The Morgan fingerprint density at radius 1 is 1.39 bits per heavy atom. The molecule has 2 heterocycles. The minimum atomic E-state index is -0.632. The molecule has 2 aromatic heterocycles. The van der Waals surface area contributed by atoms with Crippen molar-refractivity contribution in [3.05, 3.63) is 38.3 Å². The van der Waals surface area contributed by atoms with E-state index in [0.29, 0.717) is 0 Å². The van der Waals surface area contributed by atoms with Gasteiger partial charge < -0.3 is 5.11 Å². The van der Waals surface area contributed by atoms with Gasteiger partial charge in [-0.05, 0) is 33.5 Å². The van der Waals surface area contributed by atoms with E-state index in [9.17, 15) is 5.11 Å². The number of hydrogen-bond acceptors (Lipinski definition) is 3. The average molecular weight is 329 g/mol. The topological polar surface area (TPSA) is 38.0 Å². The number of thiophene rings is 1. The molecule has 0 saturated carbocycles. The van der Waals surface area contributed by atoms with E-state index in [0.717, 1.165) is 15.0 Å². The number of hydrogen-bond donors (Lipinski definition) is 1. The van der Waals surface area contributed by atoms with Gasteiger partial charge in [-0.15, -0.1) is 11.3 Å². The molecule has 0 spiro atoms. The molecule has 3 nitrogen and oxygen atoms in total. The molecular weight excluding hydrogens is 312 g/mol. The van der Waals surface area contributed by atoms with Crippen LogP contribution in [0, 0.1) is 0 Å². The quantitative estimate of drug-likeness (QED) is 0.914. The first-order chi connectivity index (χ1) is 8.30. The molecule has 0 amide bonds. The standard InChI is InChI=1S/C13H17BrN2OS/c1-13(2,3)10-6-5-9(18-10)12(17)11-8(14)7-15-16(11)4/h5-7,12,17H,1-4H3. The molecule has 0 aliphatic carbocycles. The Balaban J connectivity index is 2.35. The molecule has 1 unspecified atom stereocenters. The fourth-order valence-electron chi connectivity index (χ4n) is 1.77. The zero-order valence-electron chi connectivity index (χ0n) is 10.9. The molecule has 2 rings (SSSR count). The number of nitrogens with zero attached hydrogens (tertiary/aromatic N) is 2. The zero-order chi connectivity index (χ0) is 13.5. The highest BCUT2D eigenvalue weighted by Gasteiger charge is 2.22. The fourth-order valence-corrected chi connectivity index (χ4v) is 3.39. The number of halogens is 1. The molecular formula is C13H17BrN2OS. The van der Waals surface area contributed by atoms with Crippen molar-refractivity contribution < 1.29 is 5.11 Å². The highest BCUT2D eigenvalue weighted by atomic mass is 79.9. The van der Waals surface area contributed by atoms with Gasteiger partial charge in [0.15, 0.2) is 0 Å². The summed E-state index contributed by atoms with van der Waals surface area (Å²) in [7, 11) is 1.83. The molecule has 0 fully saturated rings. The number of aryl methyl sites for hydroxylation is 1. The molecule has 0 radical (unpaired) electrons. The first-order valence-electron chi connectivity index (χ1n) is 5.76. The van der Waals surface area contributed by atoms with Gasteiger partial charge in [-0.3, -0.25) is 4.68 Å². The Kier molecular flexibility index (Phi) is 3.67. The Bertz CT molecular complexity index is 534. The van der Waals surface area contributed by atoms with E-state index in [-0.39, 0.29) is 5.41 Å². The SMILES string of the molecule is Cn1ncc(Br)c1C(O)c1ccc(C(C)(C)C)s1. The third-order valence-corrected chi connectivity index (χ3v) is 5.01. The van der Waals surface area contributed by atoms with Crippen molar-refractivity contribution in [1.82, 2.24) is 9.78 Å². The molecule has 98 valence electrons. The van der Waals surface area contributed by atoms with E-state index in [4.69, 9.17) is 0 Å². The van der Waals surface area contributed by atoms with Crippen molar-refractivity contribution in [2.45, 2.75) is 32.3 Å². The van der Waals surface area contributed by atoms with E-state index in [1.165, 1.54) is 4.88 Å². The highest BCUT2D eigenvalue weighted by Crippen LogP contribution is 2.36. The van der Waals surface area contributed by atoms with Crippen LogP contribution >= 0.6 is 27.3 Å². The summed E-state index contributed by atoms with van der Waals surface area (Å²) in [4.78, 5) is 2.22. The highest BCUT2D eigenvalue weighted by molar-refractivity contribution is 9.10. The van der Waals surface area contributed by atoms with Gasteiger partial charge >= 0.3 is 0 Å². The molecule has 5 heteroatoms. The van der Waals surface area contributed by atoms with Crippen LogP contribution < -0.4 is 0 Å². The third-order valence-electron chi connectivity index (χ3n) is 2.83. The van der Waals surface area contributed by atoms with Crippen LogP contribution in [0.3, 0.4) is 0 Å². The minimum Gasteiger partial charge on any atom is -0.381 e. The van der Waals surface area contributed by atoms with Crippen molar-refractivity contribution in [2.75, 3.05) is 0 Å². The second-order valence-electron chi connectivity index (χ2n) is 5.36. The molecule has 0 saturated heterocycles. The van der Waals surface area contributed by atoms with Gasteiger partial charge in [-0.1, -0.05) is 20.8 Å². The molecule has 0 aliphatic rings. The molecule has 0 aromatic carbocycles. The summed E-state index contributed by atoms with van der Waals surface area (Å²) < 4.78 is 2.54. The van der Waals surface area contributed by atoms with Crippen LogP contribution in [0.2, 0.25) is 0 Å². The van der Waals surface area contributed by atoms with E-state index in [2.05, 4.69) is 47.9 Å². The summed E-state index contributed by atoms with van der Waals surface area (Å²) in [5.74, 6) is 0. The fraction of sp³-hybridized carbons (Fsp3) is 0.462. The second kappa shape index (κ2) is 4.79. The van der Waals surface area contributed by atoms with Gasteiger partial charge in [0, 0.05) is 16.8 Å². The lowest BCUT2D eigenvalue weighted by atomic mass is 9.95. The normalized spacial score (nSPS) is 13.9. The zero-order valence-corrected chi connectivity index (χ0v) is 13.3. The van der Waals surface area contributed by atoms with Gasteiger partial charge in [0.1, 0.15) is 6.10 Å². The predicted octanol–water partition coefficient (Wildman–Crippen LogP) is 3.62. The van der Waals surface area contributed by atoms with Gasteiger partial charge in [0.05, 0.1) is 16.4 Å². The van der Waals surface area contributed by atoms with Crippen molar-refractivity contribution in [2.24, 2.45) is 7.05 Å². The molecule has 0 aliphatic heterocycles. The van der Waals surface area contributed by atoms with Gasteiger partial charge in [-0.25, -0.2) is 0 Å². The van der Waals surface area contributed by atoms with Crippen molar-refractivity contribution in [1.29, 1.82) is 0 Å². The molecule has 1 N–H and O–H groups in total. The van der Waals surface area contributed by atoms with E-state index >= 15 is 0 Å². The smallest absolute Gasteiger partial charge is 0.131 e. The van der Waals surface area contributed by atoms with Gasteiger partial charge in [0.2, 0.25) is 0 Å². The van der Waals surface area contributed by atoms with Crippen LogP contribution in [-0.2, 0) is 12.5 Å². The predicted molar refractivity (Wildman–Crippen MR) is 78.0 cm³/mol. The lowest BCUT2D eigenvalue weighted by Gasteiger charge is -2.16. The van der Waals surface area contributed by atoms with E-state index < -0.39 is 6.10 Å². The van der Waals surface area contributed by atoms with Gasteiger partial charge in [0.25, 0.3) is 0 Å². The van der Waals surface area contributed by atoms with Crippen molar-refractivity contribution >= 4 is 27.3 Å². The summed E-state index contributed by atoms with van der Waals surface area (Å²) in [6, 6.07) is 4.09. The van der Waals surface area contributed by atoms with Crippen LogP contribution in [0.25, 0.3) is 0 Å². The second-order valence-corrected chi connectivity index (χ2v) is 7.33. The molecule has 2 aromatic rings. The first-order valence-corrected chi connectivity index (χ1v) is 7.37. The summed E-state index contributed by atoms with van der Waals surface area (Å²) in [6.07, 6.45) is 1.07. The molecule has 1 atom stereocenters. The number of aliphatic hydroxyl groups is 1. The lowest BCUT2D eigenvalue weighted by molar-refractivity contribution is 0.212. The molecule has 18 heavy (non-hydrogen) atoms. The maximum Gasteiger partial charge on any atom is 0.131 e. The molecule has 0 bridgehead atoms. The summed E-state index contributed by atoms with van der Waals surface area (Å²) in [5.41, 5.74) is 0.907. The number of rotatable bonds is 2. The van der Waals surface area contributed by atoms with E-state index in [1.54, 1.807) is 22.2 Å². The average Bonchev–Trinajstić information content (AvgIpc) is 2.84. The van der Waals surface area contributed by atoms with Crippen LogP contribution in [0.5, 0.6) is 0 Å². The summed E-state index contributed by atoms with van der Waals surface area (Å²) >= 11 is 5.07. The Morgan fingerprint density at radius 3 is 2.50 bits per heavy atom. The summed E-state index contributed by atoms with van der Waals surface area (Å²) in [6.45, 7) is 6.53. The number of aromatic nitrogens is 2. The van der Waals surface area contributed by atoms with Crippen LogP contribution in [0.15, 0.2) is 22.8 Å².